The van der Waals surface area contributed by atoms with Crippen LogP contribution < -0.4 is 16.2 Å². The highest BCUT2D eigenvalue weighted by atomic mass is 19.3. The smallest absolute Gasteiger partial charge is 0.266 e. The van der Waals surface area contributed by atoms with E-state index in [1.807, 2.05) is 0 Å². The topological polar surface area (TPSA) is 66.4 Å². The number of nitrogens with one attached hydrogen (secondary N) is 2. The molecule has 0 unspecified atom stereocenters. The van der Waals surface area contributed by atoms with Gasteiger partial charge in [0.05, 0.1) is 22.9 Å². The number of anilines is 1. The van der Waals surface area contributed by atoms with Crippen LogP contribution in [0.1, 0.15) is 60.6 Å². The Morgan fingerprint density at radius 1 is 1.14 bits per heavy atom. The van der Waals surface area contributed by atoms with Gasteiger partial charge >= 0.3 is 0 Å². The number of fused-ring (bicyclic) bond motifs is 1. The molecule has 11 heteroatoms. The maximum atomic E-state index is 14.7. The van der Waals surface area contributed by atoms with Gasteiger partial charge in [-0.2, -0.15) is 0 Å². The lowest BCUT2D eigenvalue weighted by molar-refractivity contribution is 0.0648. The first-order valence-electron chi connectivity index (χ1n) is 12.5. The third-order valence-electron chi connectivity index (χ3n) is 8.09. The number of halogens is 5. The molecule has 1 aromatic heterocycles. The summed E-state index contributed by atoms with van der Waals surface area (Å²) in [6.07, 6.45) is -4.44. The van der Waals surface area contributed by atoms with Gasteiger partial charge in [0.1, 0.15) is 11.4 Å². The SMILES string of the molecule is CCN1C[C@@H]2[C@H](C1)[C@@H]2Nc1cc(=O)n(C2(C(F)F)CC2)cc1C(=O)N[C@H](C)c1cccc(C(F)F)c1F. The first-order chi connectivity index (χ1) is 17.6. The van der Waals surface area contributed by atoms with Crippen LogP contribution in [0.3, 0.4) is 0 Å². The van der Waals surface area contributed by atoms with E-state index in [0.29, 0.717) is 11.8 Å². The molecule has 4 atom stereocenters. The van der Waals surface area contributed by atoms with E-state index in [9.17, 15) is 31.5 Å². The van der Waals surface area contributed by atoms with Crippen LogP contribution in [-0.2, 0) is 5.54 Å². The molecular formula is C26H29F5N4O2. The van der Waals surface area contributed by atoms with Crippen molar-refractivity contribution >= 4 is 11.6 Å². The second-order valence-electron chi connectivity index (χ2n) is 10.3. The van der Waals surface area contributed by atoms with Crippen LogP contribution in [0.15, 0.2) is 35.3 Å². The molecule has 1 aromatic carbocycles. The maximum absolute atomic E-state index is 14.7. The van der Waals surface area contributed by atoms with E-state index in [1.54, 1.807) is 0 Å². The van der Waals surface area contributed by atoms with E-state index in [-0.39, 0.29) is 35.7 Å². The Bertz CT molecular complexity index is 1250. The molecule has 3 fully saturated rings. The monoisotopic (exact) mass is 524 g/mol. The fraction of sp³-hybridized carbons (Fsp3) is 0.538. The minimum atomic E-state index is -3.02. The predicted molar refractivity (Wildman–Crippen MR) is 128 cm³/mol. The number of likely N-dealkylation sites (tertiary alicyclic amines) is 1. The number of hydrogen-bond donors (Lipinski definition) is 2. The molecule has 0 spiro atoms. The molecule has 1 saturated heterocycles. The third kappa shape index (κ3) is 4.51. The molecular weight excluding hydrogens is 495 g/mol. The predicted octanol–water partition coefficient (Wildman–Crippen LogP) is 4.53. The van der Waals surface area contributed by atoms with Gasteiger partial charge in [-0.3, -0.25) is 9.59 Å². The van der Waals surface area contributed by atoms with Gasteiger partial charge in [0.15, 0.2) is 0 Å². The molecule has 2 aromatic rings. The number of piperidine rings is 1. The zero-order valence-corrected chi connectivity index (χ0v) is 20.5. The van der Waals surface area contributed by atoms with Crippen molar-refractivity contribution in [1.29, 1.82) is 0 Å². The lowest BCUT2D eigenvalue weighted by atomic mass is 10.0. The van der Waals surface area contributed by atoms with Crippen molar-refractivity contribution < 1.29 is 26.7 Å². The van der Waals surface area contributed by atoms with Crippen LogP contribution in [0.2, 0.25) is 0 Å². The molecule has 200 valence electrons. The minimum Gasteiger partial charge on any atom is -0.381 e. The Balaban J connectivity index is 1.44. The Morgan fingerprint density at radius 2 is 1.78 bits per heavy atom. The molecule has 0 bridgehead atoms. The van der Waals surface area contributed by atoms with Crippen LogP contribution in [0.25, 0.3) is 0 Å². The van der Waals surface area contributed by atoms with Crippen LogP contribution in [0, 0.1) is 17.7 Å². The number of aromatic nitrogens is 1. The van der Waals surface area contributed by atoms with E-state index in [2.05, 4.69) is 22.5 Å². The number of nitrogens with zero attached hydrogens (tertiary/aromatic N) is 2. The van der Waals surface area contributed by atoms with E-state index < -0.39 is 47.3 Å². The summed E-state index contributed by atoms with van der Waals surface area (Å²) in [5.41, 5.74) is -2.99. The van der Waals surface area contributed by atoms with Crippen LogP contribution in [-0.4, -0.2) is 47.5 Å². The Kier molecular flexibility index (Phi) is 6.54. The molecule has 1 amide bonds. The first-order valence-corrected chi connectivity index (χ1v) is 12.5. The second kappa shape index (κ2) is 9.41. The van der Waals surface area contributed by atoms with Crippen molar-refractivity contribution in [2.75, 3.05) is 25.0 Å². The standard InChI is InChI=1S/C26H29F5N4O2/c1-3-34-10-16-17(11-34)22(16)33-19-9-20(36)35(26(7-8-26)25(30)31)12-18(19)24(37)32-13(2)14-5-4-6-15(21(14)27)23(28)29/h4-6,9,12-13,16-17,22-23,25,33H,3,7-8,10-11H2,1-2H3,(H,32,37)/t13-,16-,17+,22-/m1/s1. The fourth-order valence-corrected chi connectivity index (χ4v) is 5.56. The van der Waals surface area contributed by atoms with Gasteiger partial charge in [0.25, 0.3) is 24.3 Å². The van der Waals surface area contributed by atoms with Gasteiger partial charge in [0, 0.05) is 37.0 Å². The Labute approximate surface area is 210 Å². The molecule has 1 aliphatic heterocycles. The fourth-order valence-electron chi connectivity index (χ4n) is 5.56. The van der Waals surface area contributed by atoms with Crippen LogP contribution >= 0.6 is 0 Å². The van der Waals surface area contributed by atoms with Gasteiger partial charge in [0.2, 0.25) is 0 Å². The van der Waals surface area contributed by atoms with E-state index in [1.165, 1.54) is 25.1 Å². The zero-order valence-electron chi connectivity index (χ0n) is 20.5. The van der Waals surface area contributed by atoms with Crippen LogP contribution in [0.5, 0.6) is 0 Å². The Hall–Kier alpha value is -2.95. The quantitative estimate of drug-likeness (QED) is 0.473. The number of pyridine rings is 1. The molecule has 3 aliphatic rings. The summed E-state index contributed by atoms with van der Waals surface area (Å²) >= 11 is 0. The van der Waals surface area contributed by atoms with Crippen molar-refractivity contribution in [2.24, 2.45) is 11.8 Å². The lowest BCUT2D eigenvalue weighted by Crippen LogP contribution is -2.37. The summed E-state index contributed by atoms with van der Waals surface area (Å²) in [7, 11) is 0. The van der Waals surface area contributed by atoms with Gasteiger partial charge < -0.3 is 20.1 Å². The highest BCUT2D eigenvalue weighted by Crippen LogP contribution is 2.49. The molecule has 6 nitrogen and oxygen atoms in total. The number of carbonyl (C=O) groups is 1. The van der Waals surface area contributed by atoms with Gasteiger partial charge in [-0.1, -0.05) is 25.1 Å². The Morgan fingerprint density at radius 3 is 2.35 bits per heavy atom. The van der Waals surface area contributed by atoms with Crippen LogP contribution in [0.4, 0.5) is 27.6 Å². The van der Waals surface area contributed by atoms with E-state index in [4.69, 9.17) is 0 Å². The second-order valence-corrected chi connectivity index (χ2v) is 10.3. The van der Waals surface area contributed by atoms with Crippen molar-refractivity contribution in [1.82, 2.24) is 14.8 Å². The molecule has 5 rings (SSSR count). The lowest BCUT2D eigenvalue weighted by Gasteiger charge is -2.23. The molecule has 0 radical (unpaired) electrons. The van der Waals surface area contributed by atoms with E-state index in [0.717, 1.165) is 36.5 Å². The molecule has 2 saturated carbocycles. The maximum Gasteiger partial charge on any atom is 0.266 e. The normalized spacial score (nSPS) is 24.7. The summed E-state index contributed by atoms with van der Waals surface area (Å²) in [6.45, 7) is 6.24. The largest absolute Gasteiger partial charge is 0.381 e. The highest BCUT2D eigenvalue weighted by molar-refractivity contribution is 5.99. The number of hydrogen-bond acceptors (Lipinski definition) is 4. The molecule has 2 aliphatic carbocycles. The summed E-state index contributed by atoms with van der Waals surface area (Å²) in [5.74, 6) is -1.12. The van der Waals surface area contributed by atoms with Crippen molar-refractivity contribution in [2.45, 2.75) is 57.2 Å². The summed E-state index contributed by atoms with van der Waals surface area (Å²) < 4.78 is 69.5. The highest BCUT2D eigenvalue weighted by Gasteiger charge is 2.56. The number of rotatable bonds is 9. The summed E-state index contributed by atoms with van der Waals surface area (Å²) in [6, 6.07) is 3.77. The van der Waals surface area contributed by atoms with Crippen molar-refractivity contribution in [3.8, 4) is 0 Å². The number of benzene rings is 1. The van der Waals surface area contributed by atoms with E-state index >= 15 is 0 Å². The number of carbonyl (C=O) groups excluding carboxylic acids is 1. The molecule has 37 heavy (non-hydrogen) atoms. The van der Waals surface area contributed by atoms with Crippen molar-refractivity contribution in [3.05, 3.63) is 63.3 Å². The zero-order chi connectivity index (χ0) is 26.6. The summed E-state index contributed by atoms with van der Waals surface area (Å²) in [5, 5.41) is 5.86. The molecule has 2 N–H and O–H groups in total. The first kappa shape index (κ1) is 25.7. The van der Waals surface area contributed by atoms with Crippen molar-refractivity contribution in [3.63, 3.8) is 0 Å². The van der Waals surface area contributed by atoms with Gasteiger partial charge in [-0.15, -0.1) is 0 Å². The third-order valence-corrected chi connectivity index (χ3v) is 8.09. The average Bonchev–Trinajstić information content (AvgIpc) is 3.73. The number of alkyl halides is 4. The van der Waals surface area contributed by atoms with Gasteiger partial charge in [-0.05, 0) is 38.1 Å². The number of amides is 1. The minimum absolute atomic E-state index is 0.0267. The van der Waals surface area contributed by atoms with Gasteiger partial charge in [-0.25, -0.2) is 22.0 Å². The summed E-state index contributed by atoms with van der Waals surface area (Å²) in [4.78, 5) is 28.6. The average molecular weight is 525 g/mol. The molecule has 2 heterocycles.